The second-order valence-electron chi connectivity index (χ2n) is 7.63. The van der Waals surface area contributed by atoms with Crippen LogP contribution in [0.3, 0.4) is 0 Å². The SMILES string of the molecule is COc1cc2c(cc1C(CN1CCN(c3ncccn3)CC1)S(N)(=O)=O)CCC2. The molecule has 1 aromatic carbocycles. The van der Waals surface area contributed by atoms with Crippen molar-refractivity contribution in [2.75, 3.05) is 44.7 Å². The molecule has 0 spiro atoms. The molecule has 8 nitrogen and oxygen atoms in total. The summed E-state index contributed by atoms with van der Waals surface area (Å²) in [5.74, 6) is 1.32. The normalized spacial score (nSPS) is 18.5. The molecule has 1 aliphatic carbocycles. The number of aromatic nitrogens is 2. The Kier molecular flexibility index (Phi) is 5.71. The van der Waals surface area contributed by atoms with Crippen LogP contribution in [0, 0.1) is 0 Å². The lowest BCUT2D eigenvalue weighted by Crippen LogP contribution is -2.49. The highest BCUT2D eigenvalue weighted by atomic mass is 32.2. The second-order valence-corrected chi connectivity index (χ2v) is 9.38. The zero-order chi connectivity index (χ0) is 20.4. The van der Waals surface area contributed by atoms with E-state index in [9.17, 15) is 8.42 Å². The fraction of sp³-hybridized carbons (Fsp3) is 0.500. The Bertz CT molecular complexity index is 960. The molecular formula is C20H27N5O3S. The lowest BCUT2D eigenvalue weighted by atomic mass is 10.0. The zero-order valence-electron chi connectivity index (χ0n) is 16.6. The van der Waals surface area contributed by atoms with Gasteiger partial charge in [-0.3, -0.25) is 4.90 Å². The summed E-state index contributed by atoms with van der Waals surface area (Å²) in [5, 5.41) is 4.86. The minimum Gasteiger partial charge on any atom is -0.496 e. The van der Waals surface area contributed by atoms with Crippen LogP contribution in [0.4, 0.5) is 5.95 Å². The van der Waals surface area contributed by atoms with Crippen LogP contribution in [-0.2, 0) is 22.9 Å². The molecule has 1 unspecified atom stereocenters. The first-order valence-corrected chi connectivity index (χ1v) is 11.5. The van der Waals surface area contributed by atoms with Crippen molar-refractivity contribution < 1.29 is 13.2 Å². The summed E-state index contributed by atoms with van der Waals surface area (Å²) in [6.07, 6.45) is 6.53. The van der Waals surface area contributed by atoms with Crippen molar-refractivity contribution in [3.8, 4) is 5.75 Å². The number of ether oxygens (including phenoxy) is 1. The van der Waals surface area contributed by atoms with Crippen molar-refractivity contribution in [2.45, 2.75) is 24.5 Å². The molecule has 4 rings (SSSR count). The maximum absolute atomic E-state index is 12.5. The first-order valence-electron chi connectivity index (χ1n) is 9.91. The molecule has 1 aliphatic heterocycles. The van der Waals surface area contributed by atoms with Crippen molar-refractivity contribution in [3.63, 3.8) is 0 Å². The number of primary sulfonamides is 1. The molecule has 1 atom stereocenters. The third kappa shape index (κ3) is 4.36. The Morgan fingerprint density at radius 3 is 2.38 bits per heavy atom. The Hall–Kier alpha value is -2.23. The van der Waals surface area contributed by atoms with E-state index in [4.69, 9.17) is 9.88 Å². The summed E-state index contributed by atoms with van der Waals surface area (Å²) < 4.78 is 30.6. The predicted molar refractivity (Wildman–Crippen MR) is 112 cm³/mol. The Morgan fingerprint density at radius 2 is 1.76 bits per heavy atom. The topological polar surface area (TPSA) is 102 Å². The van der Waals surface area contributed by atoms with Gasteiger partial charge in [-0.05, 0) is 42.5 Å². The number of methoxy groups -OCH3 is 1. The van der Waals surface area contributed by atoms with Gasteiger partial charge in [0.15, 0.2) is 0 Å². The fourth-order valence-corrected chi connectivity index (χ4v) is 5.20. The van der Waals surface area contributed by atoms with Crippen LogP contribution in [-0.4, -0.2) is 63.1 Å². The van der Waals surface area contributed by atoms with E-state index in [1.807, 2.05) is 12.1 Å². The van der Waals surface area contributed by atoms with Crippen molar-refractivity contribution in [1.82, 2.24) is 14.9 Å². The molecule has 2 aliphatic rings. The second kappa shape index (κ2) is 8.25. The van der Waals surface area contributed by atoms with Gasteiger partial charge in [-0.1, -0.05) is 6.07 Å². The number of benzene rings is 1. The standard InChI is InChI=1S/C20H27N5O3S/c1-28-18-13-16-5-2-4-15(16)12-17(18)19(29(21,26)27)14-24-8-10-25(11-9-24)20-22-6-3-7-23-20/h3,6-7,12-13,19H,2,4-5,8-11,14H2,1H3,(H2,21,26,27). The van der Waals surface area contributed by atoms with Gasteiger partial charge >= 0.3 is 0 Å². The zero-order valence-corrected chi connectivity index (χ0v) is 17.4. The number of hydrogen-bond donors (Lipinski definition) is 1. The van der Waals surface area contributed by atoms with E-state index >= 15 is 0 Å². The molecule has 2 heterocycles. The Labute approximate surface area is 171 Å². The van der Waals surface area contributed by atoms with E-state index in [1.165, 1.54) is 11.1 Å². The fourth-order valence-electron chi connectivity index (χ4n) is 4.25. The summed E-state index contributed by atoms with van der Waals surface area (Å²) in [6, 6.07) is 5.77. The van der Waals surface area contributed by atoms with Crippen LogP contribution in [0.2, 0.25) is 0 Å². The lowest BCUT2D eigenvalue weighted by Gasteiger charge is -2.36. The maximum atomic E-state index is 12.5. The van der Waals surface area contributed by atoms with Gasteiger partial charge in [-0.2, -0.15) is 0 Å². The smallest absolute Gasteiger partial charge is 0.225 e. The lowest BCUT2D eigenvalue weighted by molar-refractivity contribution is 0.254. The van der Waals surface area contributed by atoms with Gasteiger partial charge in [-0.15, -0.1) is 0 Å². The summed E-state index contributed by atoms with van der Waals surface area (Å²) in [6.45, 7) is 3.26. The van der Waals surface area contributed by atoms with Gasteiger partial charge in [0.25, 0.3) is 0 Å². The maximum Gasteiger partial charge on any atom is 0.225 e. The van der Waals surface area contributed by atoms with Crippen molar-refractivity contribution >= 4 is 16.0 Å². The molecule has 1 aromatic heterocycles. The molecule has 0 radical (unpaired) electrons. The highest BCUT2D eigenvalue weighted by molar-refractivity contribution is 7.89. The molecular weight excluding hydrogens is 390 g/mol. The molecule has 9 heteroatoms. The van der Waals surface area contributed by atoms with E-state index in [0.29, 0.717) is 23.8 Å². The number of hydrogen-bond acceptors (Lipinski definition) is 7. The summed E-state index contributed by atoms with van der Waals surface area (Å²) in [4.78, 5) is 12.8. The van der Waals surface area contributed by atoms with Crippen LogP contribution >= 0.6 is 0 Å². The van der Waals surface area contributed by atoms with Gasteiger partial charge < -0.3 is 9.64 Å². The Balaban J connectivity index is 1.53. The largest absolute Gasteiger partial charge is 0.496 e. The molecule has 0 amide bonds. The van der Waals surface area contributed by atoms with Crippen LogP contribution in [0.5, 0.6) is 5.75 Å². The summed E-state index contributed by atoms with van der Waals surface area (Å²) in [7, 11) is -2.21. The third-order valence-corrected chi connectivity index (χ3v) is 7.02. The van der Waals surface area contributed by atoms with Crippen LogP contribution in [0.1, 0.15) is 28.4 Å². The minimum atomic E-state index is -3.79. The number of anilines is 1. The molecule has 156 valence electrons. The highest BCUT2D eigenvalue weighted by Gasteiger charge is 2.32. The average Bonchev–Trinajstić information content (AvgIpc) is 3.19. The van der Waals surface area contributed by atoms with Gasteiger partial charge in [0.2, 0.25) is 16.0 Å². The molecule has 2 aromatic rings. The van der Waals surface area contributed by atoms with Crippen molar-refractivity contribution in [3.05, 3.63) is 47.3 Å². The predicted octanol–water partition coefficient (Wildman–Crippen LogP) is 1.13. The number of nitrogens with two attached hydrogens (primary N) is 1. The average molecular weight is 418 g/mol. The van der Waals surface area contributed by atoms with Gasteiger partial charge in [-0.25, -0.2) is 23.5 Å². The molecule has 1 saturated heterocycles. The van der Waals surface area contributed by atoms with Gasteiger partial charge in [0.1, 0.15) is 11.0 Å². The molecule has 1 fully saturated rings. The summed E-state index contributed by atoms with van der Waals surface area (Å²) in [5.41, 5.74) is 3.13. The molecule has 0 saturated carbocycles. The van der Waals surface area contributed by atoms with Crippen LogP contribution in [0.15, 0.2) is 30.6 Å². The third-order valence-electron chi connectivity index (χ3n) is 5.82. The molecule has 2 N–H and O–H groups in total. The van der Waals surface area contributed by atoms with Crippen molar-refractivity contribution in [1.29, 1.82) is 0 Å². The van der Waals surface area contributed by atoms with Crippen LogP contribution in [0.25, 0.3) is 0 Å². The first-order chi connectivity index (χ1) is 14.0. The number of nitrogens with zero attached hydrogens (tertiary/aromatic N) is 4. The van der Waals surface area contributed by atoms with E-state index < -0.39 is 15.3 Å². The molecule has 0 bridgehead atoms. The first kappa shape index (κ1) is 20.1. The Morgan fingerprint density at radius 1 is 1.10 bits per heavy atom. The van der Waals surface area contributed by atoms with Gasteiger partial charge in [0.05, 0.1) is 7.11 Å². The monoisotopic (exact) mass is 417 g/mol. The number of aryl methyl sites for hydroxylation is 2. The molecule has 29 heavy (non-hydrogen) atoms. The van der Waals surface area contributed by atoms with E-state index in [0.717, 1.165) is 45.4 Å². The van der Waals surface area contributed by atoms with E-state index in [-0.39, 0.29) is 0 Å². The summed E-state index contributed by atoms with van der Waals surface area (Å²) >= 11 is 0. The van der Waals surface area contributed by atoms with Crippen molar-refractivity contribution in [2.24, 2.45) is 5.14 Å². The van der Waals surface area contributed by atoms with E-state index in [1.54, 1.807) is 25.6 Å². The number of sulfonamides is 1. The quantitative estimate of drug-likeness (QED) is 0.752. The minimum absolute atomic E-state index is 0.345. The van der Waals surface area contributed by atoms with Crippen LogP contribution < -0.4 is 14.8 Å². The number of fused-ring (bicyclic) bond motifs is 1. The number of rotatable bonds is 6. The number of piperazine rings is 1. The van der Waals surface area contributed by atoms with E-state index in [2.05, 4.69) is 19.8 Å². The highest BCUT2D eigenvalue weighted by Crippen LogP contribution is 2.36. The van der Waals surface area contributed by atoms with Gasteiger partial charge in [0, 0.05) is 50.7 Å².